The number of carbonyl (C=O) groups is 3. The highest BCUT2D eigenvalue weighted by Gasteiger charge is 2.19. The molecule has 6 nitrogen and oxygen atoms in total. The fourth-order valence-corrected chi connectivity index (χ4v) is 8.06. The van der Waals surface area contributed by atoms with Crippen LogP contribution in [0.4, 0.5) is 0 Å². The van der Waals surface area contributed by atoms with Crippen LogP contribution in [0.3, 0.4) is 0 Å². The van der Waals surface area contributed by atoms with Crippen LogP contribution in [0.1, 0.15) is 245 Å². The van der Waals surface area contributed by atoms with Crippen LogP contribution in [0, 0.1) is 0 Å². The molecular formula is C76H116O6. The van der Waals surface area contributed by atoms with E-state index in [9.17, 15) is 14.4 Å². The Bertz CT molecular complexity index is 1970. The Morgan fingerprint density at radius 3 is 0.744 bits per heavy atom. The summed E-state index contributed by atoms with van der Waals surface area (Å²) in [5.41, 5.74) is 0. The molecule has 0 heterocycles. The monoisotopic (exact) mass is 1120 g/mol. The molecule has 0 amide bonds. The molecule has 0 N–H and O–H groups in total. The summed E-state index contributed by atoms with van der Waals surface area (Å²) < 4.78 is 16.8. The molecule has 0 rings (SSSR count). The molecule has 0 bridgehead atoms. The van der Waals surface area contributed by atoms with E-state index < -0.39 is 6.10 Å². The van der Waals surface area contributed by atoms with Gasteiger partial charge in [0, 0.05) is 19.3 Å². The molecule has 0 aliphatic rings. The van der Waals surface area contributed by atoms with Gasteiger partial charge in [0.2, 0.25) is 0 Å². The Labute approximate surface area is 503 Å². The summed E-state index contributed by atoms with van der Waals surface area (Å²) in [5, 5.41) is 0. The second-order valence-corrected chi connectivity index (χ2v) is 20.6. The van der Waals surface area contributed by atoms with Crippen molar-refractivity contribution in [1.82, 2.24) is 0 Å². The average molecular weight is 1130 g/mol. The highest BCUT2D eigenvalue weighted by atomic mass is 16.6. The first-order valence-electron chi connectivity index (χ1n) is 32.4. The van der Waals surface area contributed by atoms with E-state index in [4.69, 9.17) is 14.2 Å². The molecule has 0 radical (unpaired) electrons. The summed E-state index contributed by atoms with van der Waals surface area (Å²) in [6, 6.07) is 0. The number of esters is 3. The quantitative estimate of drug-likeness (QED) is 0.0261. The van der Waals surface area contributed by atoms with Crippen molar-refractivity contribution in [3.8, 4) is 0 Å². The van der Waals surface area contributed by atoms with Crippen molar-refractivity contribution < 1.29 is 28.6 Å². The zero-order chi connectivity index (χ0) is 59.2. The Kier molecular flexibility index (Phi) is 63.0. The van der Waals surface area contributed by atoms with Crippen molar-refractivity contribution in [3.63, 3.8) is 0 Å². The second-order valence-electron chi connectivity index (χ2n) is 20.6. The molecule has 0 aromatic rings. The molecular weight excluding hydrogens is 1010 g/mol. The summed E-state index contributed by atoms with van der Waals surface area (Å²) in [6.45, 7) is 6.31. The maximum absolute atomic E-state index is 12.9. The molecule has 0 aliphatic carbocycles. The van der Waals surface area contributed by atoms with Gasteiger partial charge in [0.15, 0.2) is 6.10 Å². The molecule has 6 heteroatoms. The van der Waals surface area contributed by atoms with Crippen molar-refractivity contribution >= 4 is 17.9 Å². The van der Waals surface area contributed by atoms with Crippen molar-refractivity contribution in [2.24, 2.45) is 0 Å². The minimum Gasteiger partial charge on any atom is -0.462 e. The highest BCUT2D eigenvalue weighted by Crippen LogP contribution is 2.13. The summed E-state index contributed by atoms with van der Waals surface area (Å²) in [6.07, 6.45) is 103. The van der Waals surface area contributed by atoms with Crippen molar-refractivity contribution in [3.05, 3.63) is 194 Å². The number of rotatable bonds is 56. The van der Waals surface area contributed by atoms with Crippen LogP contribution in [0.25, 0.3) is 0 Å². The summed E-state index contributed by atoms with van der Waals surface area (Å²) in [7, 11) is 0. The normalized spacial score (nSPS) is 13.5. The first-order chi connectivity index (χ1) is 40.5. The number of ether oxygens (including phenoxy) is 3. The first-order valence-corrected chi connectivity index (χ1v) is 32.4. The van der Waals surface area contributed by atoms with E-state index in [1.165, 1.54) is 44.9 Å². The van der Waals surface area contributed by atoms with Crippen molar-refractivity contribution in [2.45, 2.75) is 252 Å². The number of unbranched alkanes of at least 4 members (excludes halogenated alkanes) is 13. The third-order valence-electron chi connectivity index (χ3n) is 12.8. The van der Waals surface area contributed by atoms with Crippen LogP contribution in [0.15, 0.2) is 194 Å². The third-order valence-corrected chi connectivity index (χ3v) is 12.8. The second kappa shape index (κ2) is 67.8. The number of hydrogen-bond donors (Lipinski definition) is 0. The van der Waals surface area contributed by atoms with Gasteiger partial charge in [-0.2, -0.15) is 0 Å². The largest absolute Gasteiger partial charge is 0.462 e. The Morgan fingerprint density at radius 1 is 0.256 bits per heavy atom. The zero-order valence-corrected chi connectivity index (χ0v) is 52.2. The van der Waals surface area contributed by atoms with Crippen molar-refractivity contribution in [2.75, 3.05) is 13.2 Å². The molecule has 1 atom stereocenters. The lowest BCUT2D eigenvalue weighted by atomic mass is 10.1. The molecule has 0 aromatic heterocycles. The number of hydrogen-bond acceptors (Lipinski definition) is 6. The van der Waals surface area contributed by atoms with E-state index in [1.54, 1.807) is 0 Å². The van der Waals surface area contributed by atoms with E-state index in [0.717, 1.165) is 148 Å². The van der Waals surface area contributed by atoms with Crippen LogP contribution >= 0.6 is 0 Å². The average Bonchev–Trinajstić information content (AvgIpc) is 3.48. The van der Waals surface area contributed by atoms with Gasteiger partial charge in [0.05, 0.1) is 0 Å². The predicted molar refractivity (Wildman–Crippen MR) is 357 cm³/mol. The lowest BCUT2D eigenvalue weighted by Crippen LogP contribution is -2.30. The lowest BCUT2D eigenvalue weighted by Gasteiger charge is -2.18. The SMILES string of the molecule is CC/C=C\C/C=C\C/C=C\C/C=C\C/C=C\C/C=C\C/C=C\C/C=C\C/C=C\C/C=C\CCCCC(=O)OCC(COC(=O)CCCCCCCCCCCC)OC(=O)CCCC/C=C\C/C=C\C/C=C\C/C=C\C/C=C\C/C=C\CC. The van der Waals surface area contributed by atoms with Gasteiger partial charge in [-0.05, 0) is 148 Å². The molecule has 0 aliphatic heterocycles. The van der Waals surface area contributed by atoms with E-state index in [-0.39, 0.29) is 44.0 Å². The molecule has 1 unspecified atom stereocenters. The van der Waals surface area contributed by atoms with E-state index in [2.05, 4.69) is 215 Å². The smallest absolute Gasteiger partial charge is 0.306 e. The molecule has 0 aromatic carbocycles. The molecule has 82 heavy (non-hydrogen) atoms. The standard InChI is InChI=1S/C76H116O6/c1-4-7-10-13-16-19-22-24-26-28-30-32-33-34-35-36-37-38-39-40-41-42-43-45-46-48-50-52-54-57-60-63-66-69-75(78)81-72-73(71-80-74(77)68-65-62-59-56-21-18-15-12-9-6-3)82-76(79)70-67-64-61-58-55-53-51-49-47-44-31-29-27-25-23-20-17-14-11-8-5-2/h7-8,10-11,16-17,19-20,24-27,30-32,34-35,37-38,40-41,43-45,48-51,54-55,57-58,73H,4-6,9,12-15,18,21-23,28-29,33,36,39,42,46-47,52-53,56,59-72H2,1-3H3/b10-7-,11-8-,19-16-,20-17-,26-24-,27-25-,32-30-,35-34-,38-37-,41-40-,44-31-,45-43-,50-48-,51-49-,57-54-,58-55-. The fraction of sp³-hybridized carbons (Fsp3) is 0.539. The summed E-state index contributed by atoms with van der Waals surface area (Å²) in [5.74, 6) is -1.02. The minimum absolute atomic E-state index is 0.118. The van der Waals surface area contributed by atoms with Gasteiger partial charge in [0.25, 0.3) is 0 Å². The number of carbonyl (C=O) groups excluding carboxylic acids is 3. The molecule has 0 saturated carbocycles. The Hall–Kier alpha value is -5.75. The van der Waals surface area contributed by atoms with Crippen LogP contribution in [0.5, 0.6) is 0 Å². The first kappa shape index (κ1) is 76.2. The third kappa shape index (κ3) is 65.1. The Balaban J connectivity index is 4.44. The van der Waals surface area contributed by atoms with Gasteiger partial charge in [-0.3, -0.25) is 14.4 Å². The zero-order valence-electron chi connectivity index (χ0n) is 52.2. The van der Waals surface area contributed by atoms with E-state index >= 15 is 0 Å². The molecule has 0 fully saturated rings. The van der Waals surface area contributed by atoms with Crippen LogP contribution in [-0.2, 0) is 28.6 Å². The van der Waals surface area contributed by atoms with Crippen molar-refractivity contribution in [1.29, 1.82) is 0 Å². The van der Waals surface area contributed by atoms with Crippen LogP contribution in [0.2, 0.25) is 0 Å². The summed E-state index contributed by atoms with van der Waals surface area (Å²) >= 11 is 0. The van der Waals surface area contributed by atoms with Crippen LogP contribution < -0.4 is 0 Å². The maximum atomic E-state index is 12.9. The highest BCUT2D eigenvalue weighted by molar-refractivity contribution is 5.71. The van der Waals surface area contributed by atoms with Gasteiger partial charge >= 0.3 is 17.9 Å². The van der Waals surface area contributed by atoms with E-state index in [1.807, 2.05) is 0 Å². The van der Waals surface area contributed by atoms with Gasteiger partial charge < -0.3 is 14.2 Å². The predicted octanol–water partition coefficient (Wildman–Crippen LogP) is 22.6. The van der Waals surface area contributed by atoms with Gasteiger partial charge in [-0.1, -0.05) is 273 Å². The Morgan fingerprint density at radius 2 is 0.476 bits per heavy atom. The van der Waals surface area contributed by atoms with Gasteiger partial charge in [-0.15, -0.1) is 0 Å². The fourth-order valence-electron chi connectivity index (χ4n) is 8.06. The molecule has 456 valence electrons. The van der Waals surface area contributed by atoms with E-state index in [0.29, 0.717) is 19.3 Å². The minimum atomic E-state index is -0.829. The lowest BCUT2D eigenvalue weighted by molar-refractivity contribution is -0.167. The summed E-state index contributed by atoms with van der Waals surface area (Å²) in [4.78, 5) is 38.2. The van der Waals surface area contributed by atoms with Crippen LogP contribution in [-0.4, -0.2) is 37.2 Å². The van der Waals surface area contributed by atoms with Gasteiger partial charge in [0.1, 0.15) is 13.2 Å². The topological polar surface area (TPSA) is 78.9 Å². The molecule has 0 spiro atoms. The van der Waals surface area contributed by atoms with Gasteiger partial charge in [-0.25, -0.2) is 0 Å². The number of allylic oxidation sites excluding steroid dienone is 32. The maximum Gasteiger partial charge on any atom is 0.306 e. The molecule has 0 saturated heterocycles.